The minimum absolute atomic E-state index is 0.124. The number of nitrogens with zero attached hydrogens (tertiary/aromatic N) is 1. The van der Waals surface area contributed by atoms with E-state index in [9.17, 15) is 14.4 Å². The number of ether oxygens (including phenoxy) is 1. The largest absolute Gasteiger partial charge is 0.481 e. The van der Waals surface area contributed by atoms with E-state index in [1.807, 2.05) is 6.92 Å². The lowest BCUT2D eigenvalue weighted by molar-refractivity contribution is -0.143. The molecule has 1 rings (SSSR count). The van der Waals surface area contributed by atoms with Crippen molar-refractivity contribution in [3.8, 4) is 0 Å². The highest BCUT2D eigenvalue weighted by atomic mass is 16.5. The second-order valence-electron chi connectivity index (χ2n) is 4.93. The molecule has 0 bridgehead atoms. The molecule has 0 aliphatic heterocycles. The number of rotatable bonds is 6. The molecule has 1 aliphatic rings. The van der Waals surface area contributed by atoms with E-state index >= 15 is 0 Å². The van der Waals surface area contributed by atoms with Crippen LogP contribution in [-0.4, -0.2) is 54.2 Å². The summed E-state index contributed by atoms with van der Waals surface area (Å²) in [5.74, 6) is -1.92. The number of carboxylic acids is 1. The van der Waals surface area contributed by atoms with Gasteiger partial charge in [0, 0.05) is 12.6 Å². The third-order valence-electron chi connectivity index (χ3n) is 3.47. The zero-order chi connectivity index (χ0) is 15.1. The van der Waals surface area contributed by atoms with Crippen molar-refractivity contribution >= 4 is 18.0 Å². The molecule has 20 heavy (non-hydrogen) atoms. The standard InChI is InChI=1S/C13H22N2O5/c1-3-7-15(8-11(16)20-2)13(19)14-10-6-4-5-9(10)12(17)18/h9-10H,3-8H2,1-2H3,(H,14,19)(H,17,18). The summed E-state index contributed by atoms with van der Waals surface area (Å²) >= 11 is 0. The molecule has 0 heterocycles. The topological polar surface area (TPSA) is 95.9 Å². The molecule has 2 N–H and O–H groups in total. The molecule has 0 spiro atoms. The molecule has 1 saturated carbocycles. The van der Waals surface area contributed by atoms with Crippen molar-refractivity contribution < 1.29 is 24.2 Å². The van der Waals surface area contributed by atoms with Gasteiger partial charge in [0.15, 0.2) is 0 Å². The van der Waals surface area contributed by atoms with Gasteiger partial charge in [-0.1, -0.05) is 13.3 Å². The van der Waals surface area contributed by atoms with Gasteiger partial charge in [-0.05, 0) is 19.3 Å². The highest BCUT2D eigenvalue weighted by Crippen LogP contribution is 2.25. The highest BCUT2D eigenvalue weighted by molar-refractivity contribution is 5.81. The number of urea groups is 1. The molecule has 7 nitrogen and oxygen atoms in total. The van der Waals surface area contributed by atoms with Gasteiger partial charge in [0.25, 0.3) is 0 Å². The van der Waals surface area contributed by atoms with E-state index in [1.54, 1.807) is 0 Å². The third kappa shape index (κ3) is 4.40. The average molecular weight is 286 g/mol. The van der Waals surface area contributed by atoms with E-state index in [1.165, 1.54) is 12.0 Å². The zero-order valence-corrected chi connectivity index (χ0v) is 11.9. The molecular formula is C13H22N2O5. The molecule has 2 unspecified atom stereocenters. The van der Waals surface area contributed by atoms with E-state index < -0.39 is 23.9 Å². The van der Waals surface area contributed by atoms with Gasteiger partial charge < -0.3 is 20.1 Å². The number of carbonyl (C=O) groups is 3. The van der Waals surface area contributed by atoms with Crippen molar-refractivity contribution in [2.75, 3.05) is 20.2 Å². The average Bonchev–Trinajstić information content (AvgIpc) is 2.86. The van der Waals surface area contributed by atoms with E-state index in [-0.39, 0.29) is 12.6 Å². The molecule has 1 aliphatic carbocycles. The first-order valence-corrected chi connectivity index (χ1v) is 6.84. The SMILES string of the molecule is CCCN(CC(=O)OC)C(=O)NC1CCCC1C(=O)O. The lowest BCUT2D eigenvalue weighted by atomic mass is 10.0. The lowest BCUT2D eigenvalue weighted by Crippen LogP contribution is -2.49. The van der Waals surface area contributed by atoms with Gasteiger partial charge in [-0.3, -0.25) is 9.59 Å². The number of hydrogen-bond acceptors (Lipinski definition) is 4. The van der Waals surface area contributed by atoms with Crippen LogP contribution in [0.2, 0.25) is 0 Å². The summed E-state index contributed by atoms with van der Waals surface area (Å²) < 4.78 is 4.55. The van der Waals surface area contributed by atoms with Crippen molar-refractivity contribution in [3.05, 3.63) is 0 Å². The summed E-state index contributed by atoms with van der Waals surface area (Å²) in [5.41, 5.74) is 0. The van der Waals surface area contributed by atoms with E-state index in [4.69, 9.17) is 5.11 Å². The summed E-state index contributed by atoms with van der Waals surface area (Å²) in [7, 11) is 1.27. The smallest absolute Gasteiger partial charge is 0.325 e. The Kier molecular flexibility index (Phi) is 6.27. The fourth-order valence-electron chi connectivity index (χ4n) is 2.42. The number of nitrogens with one attached hydrogen (secondary N) is 1. The third-order valence-corrected chi connectivity index (χ3v) is 3.47. The molecule has 114 valence electrons. The molecular weight excluding hydrogens is 264 g/mol. The molecule has 0 aromatic carbocycles. The van der Waals surface area contributed by atoms with E-state index in [0.717, 1.165) is 6.42 Å². The summed E-state index contributed by atoms with van der Waals surface area (Å²) in [5, 5.41) is 11.8. The normalized spacial score (nSPS) is 21.3. The van der Waals surface area contributed by atoms with Gasteiger partial charge in [0.05, 0.1) is 13.0 Å². The van der Waals surface area contributed by atoms with Crippen LogP contribution >= 0.6 is 0 Å². The second kappa shape index (κ2) is 7.72. The van der Waals surface area contributed by atoms with Crippen LogP contribution in [0.3, 0.4) is 0 Å². The summed E-state index contributed by atoms with van der Waals surface area (Å²) in [4.78, 5) is 35.8. The molecule has 2 atom stereocenters. The maximum Gasteiger partial charge on any atom is 0.325 e. The Labute approximate surface area is 118 Å². The number of carbonyl (C=O) groups excluding carboxylic acids is 2. The maximum atomic E-state index is 12.1. The van der Waals surface area contributed by atoms with Crippen molar-refractivity contribution in [3.63, 3.8) is 0 Å². The predicted octanol–water partition coefficient (Wildman–Crippen LogP) is 0.834. The number of aliphatic carboxylic acids is 1. The van der Waals surface area contributed by atoms with Gasteiger partial charge in [-0.25, -0.2) is 4.79 Å². The first-order valence-electron chi connectivity index (χ1n) is 6.84. The number of methoxy groups -OCH3 is 1. The van der Waals surface area contributed by atoms with Gasteiger partial charge in [-0.2, -0.15) is 0 Å². The molecule has 2 amide bonds. The lowest BCUT2D eigenvalue weighted by Gasteiger charge is -2.25. The maximum absolute atomic E-state index is 12.1. The Balaban J connectivity index is 2.61. The second-order valence-corrected chi connectivity index (χ2v) is 4.93. The number of carboxylic acid groups (broad SMARTS) is 1. The molecule has 0 saturated heterocycles. The molecule has 1 fully saturated rings. The summed E-state index contributed by atoms with van der Waals surface area (Å²) in [6.07, 6.45) is 2.72. The van der Waals surface area contributed by atoms with Crippen molar-refractivity contribution in [2.45, 2.75) is 38.6 Å². The number of esters is 1. The highest BCUT2D eigenvalue weighted by Gasteiger charge is 2.34. The van der Waals surface area contributed by atoms with Crippen LogP contribution in [0.4, 0.5) is 4.79 Å². The van der Waals surface area contributed by atoms with Crippen molar-refractivity contribution in [2.24, 2.45) is 5.92 Å². The quantitative estimate of drug-likeness (QED) is 0.705. The molecule has 0 aromatic heterocycles. The number of amides is 2. The van der Waals surface area contributed by atoms with Crippen LogP contribution in [-0.2, 0) is 14.3 Å². The van der Waals surface area contributed by atoms with Gasteiger partial charge in [-0.15, -0.1) is 0 Å². The molecule has 7 heteroatoms. The Hall–Kier alpha value is -1.79. The van der Waals surface area contributed by atoms with Crippen LogP contribution in [0.15, 0.2) is 0 Å². The van der Waals surface area contributed by atoms with Gasteiger partial charge in [0.1, 0.15) is 6.54 Å². The monoisotopic (exact) mass is 286 g/mol. The fraction of sp³-hybridized carbons (Fsp3) is 0.769. The Bertz CT molecular complexity index is 372. The van der Waals surface area contributed by atoms with Gasteiger partial charge >= 0.3 is 18.0 Å². The van der Waals surface area contributed by atoms with E-state index in [2.05, 4.69) is 10.1 Å². The van der Waals surface area contributed by atoms with Crippen LogP contribution < -0.4 is 5.32 Å². The predicted molar refractivity (Wildman–Crippen MR) is 71.2 cm³/mol. The van der Waals surface area contributed by atoms with Crippen LogP contribution in [0.1, 0.15) is 32.6 Å². The van der Waals surface area contributed by atoms with E-state index in [0.29, 0.717) is 25.8 Å². The number of hydrogen-bond donors (Lipinski definition) is 2. The fourth-order valence-corrected chi connectivity index (χ4v) is 2.42. The first kappa shape index (κ1) is 16.3. The molecule has 0 radical (unpaired) electrons. The van der Waals surface area contributed by atoms with Crippen LogP contribution in [0.25, 0.3) is 0 Å². The minimum Gasteiger partial charge on any atom is -0.481 e. The first-order chi connectivity index (χ1) is 9.49. The minimum atomic E-state index is -0.886. The van der Waals surface area contributed by atoms with Crippen LogP contribution in [0, 0.1) is 5.92 Å². The summed E-state index contributed by atoms with van der Waals surface area (Å²) in [6.45, 7) is 2.19. The van der Waals surface area contributed by atoms with Crippen molar-refractivity contribution in [1.82, 2.24) is 10.2 Å². The summed E-state index contributed by atoms with van der Waals surface area (Å²) in [6, 6.07) is -0.771. The Morgan fingerprint density at radius 1 is 1.35 bits per heavy atom. The molecule has 0 aromatic rings. The van der Waals surface area contributed by atoms with Crippen LogP contribution in [0.5, 0.6) is 0 Å². The Morgan fingerprint density at radius 3 is 2.60 bits per heavy atom. The zero-order valence-electron chi connectivity index (χ0n) is 11.9. The van der Waals surface area contributed by atoms with Gasteiger partial charge in [0.2, 0.25) is 0 Å². The van der Waals surface area contributed by atoms with Crippen molar-refractivity contribution in [1.29, 1.82) is 0 Å². The Morgan fingerprint density at radius 2 is 2.05 bits per heavy atom.